The summed E-state index contributed by atoms with van der Waals surface area (Å²) < 4.78 is 3.87. The molecule has 7 heteroatoms. The van der Waals surface area contributed by atoms with E-state index < -0.39 is 0 Å². The van der Waals surface area contributed by atoms with Crippen molar-refractivity contribution >= 4 is 22.6 Å². The van der Waals surface area contributed by atoms with Gasteiger partial charge in [0, 0.05) is 24.8 Å². The Morgan fingerprint density at radius 1 is 1.19 bits per heavy atom. The fraction of sp³-hybridized carbons (Fsp3) is 0.368. The van der Waals surface area contributed by atoms with Gasteiger partial charge in [-0.3, -0.25) is 0 Å². The lowest BCUT2D eigenvalue weighted by atomic mass is 10.2. The van der Waals surface area contributed by atoms with Crippen LogP contribution in [0.4, 0.5) is 5.95 Å². The van der Waals surface area contributed by atoms with Crippen molar-refractivity contribution in [3.8, 4) is 11.3 Å². The fourth-order valence-electron chi connectivity index (χ4n) is 3.43. The van der Waals surface area contributed by atoms with Crippen molar-refractivity contribution in [3.63, 3.8) is 0 Å². The Kier molecular flexibility index (Phi) is 3.25. The lowest BCUT2D eigenvalue weighted by Gasteiger charge is -2.12. The molecule has 1 aliphatic carbocycles. The van der Waals surface area contributed by atoms with Gasteiger partial charge in [0.05, 0.1) is 17.4 Å². The van der Waals surface area contributed by atoms with E-state index in [4.69, 9.17) is 4.98 Å². The van der Waals surface area contributed by atoms with Crippen molar-refractivity contribution in [2.24, 2.45) is 13.0 Å². The molecule has 1 saturated carbocycles. The number of hydrogen-bond donors (Lipinski definition) is 1. The predicted molar refractivity (Wildman–Crippen MR) is 101 cm³/mol. The van der Waals surface area contributed by atoms with Crippen LogP contribution in [0.3, 0.4) is 0 Å². The van der Waals surface area contributed by atoms with Gasteiger partial charge in [0.15, 0.2) is 5.65 Å². The molecule has 1 fully saturated rings. The van der Waals surface area contributed by atoms with Crippen LogP contribution in [-0.2, 0) is 7.05 Å². The zero-order chi connectivity index (χ0) is 17.8. The summed E-state index contributed by atoms with van der Waals surface area (Å²) in [7, 11) is 1.99. The molecule has 4 heterocycles. The lowest BCUT2D eigenvalue weighted by molar-refractivity contribution is 0.681. The summed E-state index contributed by atoms with van der Waals surface area (Å²) >= 11 is 0. The van der Waals surface area contributed by atoms with Gasteiger partial charge in [-0.15, -0.1) is 5.10 Å². The van der Waals surface area contributed by atoms with Gasteiger partial charge in [0.1, 0.15) is 11.3 Å². The SMILES string of the molecule is Cc1nc2ccc(-c3ccn4nc(NC(C)C5CC5)ncc34)nc2n1C. The second kappa shape index (κ2) is 5.52. The molecule has 4 aromatic heterocycles. The molecule has 0 amide bonds. The Morgan fingerprint density at radius 2 is 2.04 bits per heavy atom. The maximum absolute atomic E-state index is 4.81. The van der Waals surface area contributed by atoms with Gasteiger partial charge in [-0.05, 0) is 50.8 Å². The summed E-state index contributed by atoms with van der Waals surface area (Å²) in [5, 5.41) is 8.01. The molecule has 0 aliphatic heterocycles. The third-order valence-corrected chi connectivity index (χ3v) is 5.32. The minimum absolute atomic E-state index is 0.416. The Labute approximate surface area is 151 Å². The molecule has 0 bridgehead atoms. The Morgan fingerprint density at radius 3 is 2.85 bits per heavy atom. The molecule has 1 atom stereocenters. The predicted octanol–water partition coefficient (Wildman–Crippen LogP) is 3.20. The molecule has 1 aliphatic rings. The Bertz CT molecular complexity index is 1120. The van der Waals surface area contributed by atoms with Crippen LogP contribution in [-0.4, -0.2) is 35.2 Å². The van der Waals surface area contributed by atoms with Gasteiger partial charge < -0.3 is 9.88 Å². The summed E-state index contributed by atoms with van der Waals surface area (Å²) in [6.45, 7) is 4.18. The lowest BCUT2D eigenvalue weighted by Crippen LogP contribution is -2.19. The van der Waals surface area contributed by atoms with Crippen LogP contribution >= 0.6 is 0 Å². The van der Waals surface area contributed by atoms with Crippen molar-refractivity contribution in [1.82, 2.24) is 29.1 Å². The maximum atomic E-state index is 4.81. The van der Waals surface area contributed by atoms with Crippen LogP contribution in [0.2, 0.25) is 0 Å². The molecule has 0 radical (unpaired) electrons. The summed E-state index contributed by atoms with van der Waals surface area (Å²) in [5.74, 6) is 2.38. The van der Waals surface area contributed by atoms with E-state index in [-0.39, 0.29) is 0 Å². The van der Waals surface area contributed by atoms with Crippen LogP contribution in [0.5, 0.6) is 0 Å². The van der Waals surface area contributed by atoms with E-state index in [1.165, 1.54) is 12.8 Å². The average Bonchev–Trinajstić information content (AvgIpc) is 3.35. The Balaban J connectivity index is 1.53. The highest BCUT2D eigenvalue weighted by molar-refractivity contribution is 5.82. The second-order valence-corrected chi connectivity index (χ2v) is 7.17. The number of pyridine rings is 1. The van der Waals surface area contributed by atoms with Gasteiger partial charge in [0.2, 0.25) is 5.95 Å². The van der Waals surface area contributed by atoms with Crippen molar-refractivity contribution in [2.75, 3.05) is 5.32 Å². The van der Waals surface area contributed by atoms with Crippen LogP contribution in [0.1, 0.15) is 25.6 Å². The Hall–Kier alpha value is -2.96. The number of aryl methyl sites for hydroxylation is 2. The summed E-state index contributed by atoms with van der Waals surface area (Å²) in [6, 6.07) is 6.48. The molecule has 1 N–H and O–H groups in total. The number of nitrogens with one attached hydrogen (secondary N) is 1. The zero-order valence-corrected chi connectivity index (χ0v) is 15.1. The molecule has 0 spiro atoms. The summed E-state index contributed by atoms with van der Waals surface area (Å²) in [5.41, 5.74) is 4.66. The van der Waals surface area contributed by atoms with Crippen LogP contribution < -0.4 is 5.32 Å². The second-order valence-electron chi connectivity index (χ2n) is 7.17. The van der Waals surface area contributed by atoms with E-state index in [1.807, 2.05) is 53.6 Å². The first kappa shape index (κ1) is 15.3. The number of anilines is 1. The van der Waals surface area contributed by atoms with Crippen LogP contribution in [0.25, 0.3) is 27.9 Å². The fourth-order valence-corrected chi connectivity index (χ4v) is 3.43. The van der Waals surface area contributed by atoms with E-state index in [0.29, 0.717) is 12.0 Å². The number of imidazole rings is 1. The molecule has 4 aromatic rings. The van der Waals surface area contributed by atoms with Gasteiger partial charge in [-0.2, -0.15) is 0 Å². The summed E-state index contributed by atoms with van der Waals surface area (Å²) in [6.07, 6.45) is 6.42. The molecule has 0 aromatic carbocycles. The van der Waals surface area contributed by atoms with Gasteiger partial charge in [0.25, 0.3) is 0 Å². The minimum atomic E-state index is 0.416. The smallest absolute Gasteiger partial charge is 0.241 e. The first-order valence-corrected chi connectivity index (χ1v) is 9.01. The van der Waals surface area contributed by atoms with Gasteiger partial charge in [-0.25, -0.2) is 19.5 Å². The number of nitrogens with zero attached hydrogens (tertiary/aromatic N) is 6. The third kappa shape index (κ3) is 2.42. The highest BCUT2D eigenvalue weighted by atomic mass is 15.3. The van der Waals surface area contributed by atoms with E-state index in [0.717, 1.165) is 39.7 Å². The quantitative estimate of drug-likeness (QED) is 0.614. The molecule has 132 valence electrons. The van der Waals surface area contributed by atoms with Crippen molar-refractivity contribution in [2.45, 2.75) is 32.7 Å². The monoisotopic (exact) mass is 347 g/mol. The standard InChI is InChI=1S/C19H21N7/c1-11(13-4-5-13)21-19-20-10-17-14(8-9-26(17)24-19)15-6-7-16-18(23-15)25(3)12(2)22-16/h6-11,13H,4-5H2,1-3H3,(H,21,24). The molecule has 0 saturated heterocycles. The number of rotatable bonds is 4. The zero-order valence-electron chi connectivity index (χ0n) is 15.1. The highest BCUT2D eigenvalue weighted by Crippen LogP contribution is 2.33. The summed E-state index contributed by atoms with van der Waals surface area (Å²) in [4.78, 5) is 13.8. The number of hydrogen-bond acceptors (Lipinski definition) is 5. The van der Waals surface area contributed by atoms with Gasteiger partial charge >= 0.3 is 0 Å². The van der Waals surface area contributed by atoms with Crippen LogP contribution in [0.15, 0.2) is 30.6 Å². The van der Waals surface area contributed by atoms with Crippen LogP contribution in [0, 0.1) is 12.8 Å². The van der Waals surface area contributed by atoms with Crippen molar-refractivity contribution in [3.05, 3.63) is 36.4 Å². The number of fused-ring (bicyclic) bond motifs is 2. The largest absolute Gasteiger partial charge is 0.350 e. The molecular formula is C19H21N7. The van der Waals surface area contributed by atoms with E-state index in [1.54, 1.807) is 0 Å². The van der Waals surface area contributed by atoms with E-state index in [2.05, 4.69) is 27.3 Å². The molecular weight excluding hydrogens is 326 g/mol. The molecule has 7 nitrogen and oxygen atoms in total. The van der Waals surface area contributed by atoms with E-state index in [9.17, 15) is 0 Å². The minimum Gasteiger partial charge on any atom is -0.350 e. The average molecular weight is 347 g/mol. The van der Waals surface area contributed by atoms with E-state index >= 15 is 0 Å². The molecule has 1 unspecified atom stereocenters. The first-order valence-electron chi connectivity index (χ1n) is 9.01. The topological polar surface area (TPSA) is 72.9 Å². The third-order valence-electron chi connectivity index (χ3n) is 5.32. The molecule has 26 heavy (non-hydrogen) atoms. The highest BCUT2D eigenvalue weighted by Gasteiger charge is 2.28. The molecule has 5 rings (SSSR count). The maximum Gasteiger partial charge on any atom is 0.241 e. The first-order chi connectivity index (χ1) is 12.6. The van der Waals surface area contributed by atoms with Gasteiger partial charge in [-0.1, -0.05) is 0 Å². The van der Waals surface area contributed by atoms with Crippen molar-refractivity contribution in [1.29, 1.82) is 0 Å². The number of aromatic nitrogens is 6. The normalized spacial score (nSPS) is 15.7. The van der Waals surface area contributed by atoms with Crippen molar-refractivity contribution < 1.29 is 0 Å².